The SMILES string of the molecule is Cc1noc(C)c1CN1Cc2cccn2C[C@@H](C(=O)NCC2CC2)C1. The second kappa shape index (κ2) is 6.67. The maximum absolute atomic E-state index is 12.7. The van der Waals surface area contributed by atoms with Gasteiger partial charge in [-0.15, -0.1) is 0 Å². The highest BCUT2D eigenvalue weighted by Crippen LogP contribution is 2.28. The van der Waals surface area contributed by atoms with Crippen molar-refractivity contribution in [3.63, 3.8) is 0 Å². The molecule has 1 aliphatic carbocycles. The molecule has 0 bridgehead atoms. The first-order valence-electron chi connectivity index (χ1n) is 9.16. The minimum atomic E-state index is -0.0344. The Morgan fingerprint density at radius 3 is 2.92 bits per heavy atom. The van der Waals surface area contributed by atoms with Crippen molar-refractivity contribution in [1.82, 2.24) is 19.9 Å². The highest BCUT2D eigenvalue weighted by atomic mass is 16.5. The van der Waals surface area contributed by atoms with E-state index >= 15 is 0 Å². The van der Waals surface area contributed by atoms with Gasteiger partial charge in [0.15, 0.2) is 0 Å². The molecule has 1 N–H and O–H groups in total. The Kier molecular flexibility index (Phi) is 4.37. The van der Waals surface area contributed by atoms with Crippen molar-refractivity contribution >= 4 is 5.91 Å². The number of aromatic nitrogens is 2. The fourth-order valence-corrected chi connectivity index (χ4v) is 3.62. The molecule has 6 heteroatoms. The molecule has 0 unspecified atom stereocenters. The molecule has 1 atom stereocenters. The Hall–Kier alpha value is -2.08. The number of nitrogens with zero attached hydrogens (tertiary/aromatic N) is 3. The summed E-state index contributed by atoms with van der Waals surface area (Å²) in [5, 5.41) is 7.22. The molecular weight excluding hydrogens is 316 g/mol. The Morgan fingerprint density at radius 2 is 2.20 bits per heavy atom. The topological polar surface area (TPSA) is 63.3 Å². The van der Waals surface area contributed by atoms with E-state index in [0.717, 1.165) is 49.7 Å². The Labute approximate surface area is 148 Å². The summed E-state index contributed by atoms with van der Waals surface area (Å²) in [4.78, 5) is 15.1. The van der Waals surface area contributed by atoms with Crippen LogP contribution in [0.5, 0.6) is 0 Å². The number of fused-ring (bicyclic) bond motifs is 1. The molecule has 1 saturated carbocycles. The lowest BCUT2D eigenvalue weighted by Crippen LogP contribution is -2.39. The van der Waals surface area contributed by atoms with E-state index in [9.17, 15) is 4.79 Å². The van der Waals surface area contributed by atoms with Crippen molar-refractivity contribution in [3.05, 3.63) is 41.0 Å². The van der Waals surface area contributed by atoms with Crippen molar-refractivity contribution in [3.8, 4) is 0 Å². The Morgan fingerprint density at radius 1 is 1.36 bits per heavy atom. The normalized spacial score (nSPS) is 21.0. The van der Waals surface area contributed by atoms with Gasteiger partial charge < -0.3 is 14.4 Å². The first kappa shape index (κ1) is 16.4. The number of aryl methyl sites for hydroxylation is 2. The summed E-state index contributed by atoms with van der Waals surface area (Å²) < 4.78 is 7.52. The number of carbonyl (C=O) groups excluding carboxylic acids is 1. The number of rotatable bonds is 5. The van der Waals surface area contributed by atoms with Gasteiger partial charge in [0.1, 0.15) is 5.76 Å². The summed E-state index contributed by atoms with van der Waals surface area (Å²) in [6.07, 6.45) is 4.59. The van der Waals surface area contributed by atoms with E-state index in [-0.39, 0.29) is 11.8 Å². The number of hydrogen-bond acceptors (Lipinski definition) is 4. The summed E-state index contributed by atoms with van der Waals surface area (Å²) in [6, 6.07) is 4.21. The quantitative estimate of drug-likeness (QED) is 0.905. The molecule has 0 saturated heterocycles. The van der Waals surface area contributed by atoms with Crippen LogP contribution >= 0.6 is 0 Å². The lowest BCUT2D eigenvalue weighted by molar-refractivity contribution is -0.126. The third kappa shape index (κ3) is 3.63. The minimum Gasteiger partial charge on any atom is -0.361 e. The van der Waals surface area contributed by atoms with Gasteiger partial charge in [-0.05, 0) is 44.7 Å². The number of amides is 1. The second-order valence-electron chi connectivity index (χ2n) is 7.51. The predicted molar refractivity (Wildman–Crippen MR) is 93.7 cm³/mol. The van der Waals surface area contributed by atoms with Crippen LogP contribution in [0.2, 0.25) is 0 Å². The second-order valence-corrected chi connectivity index (χ2v) is 7.51. The summed E-state index contributed by atoms with van der Waals surface area (Å²) in [5.41, 5.74) is 3.33. The molecule has 0 spiro atoms. The van der Waals surface area contributed by atoms with E-state index < -0.39 is 0 Å². The largest absolute Gasteiger partial charge is 0.361 e. The van der Waals surface area contributed by atoms with E-state index in [4.69, 9.17) is 4.52 Å². The molecule has 1 fully saturated rings. The first-order valence-corrected chi connectivity index (χ1v) is 9.16. The Bertz CT molecular complexity index is 740. The van der Waals surface area contributed by atoms with Gasteiger partial charge in [-0.3, -0.25) is 9.69 Å². The third-order valence-corrected chi connectivity index (χ3v) is 5.40. The van der Waals surface area contributed by atoms with Crippen LogP contribution in [0.25, 0.3) is 0 Å². The van der Waals surface area contributed by atoms with Crippen molar-refractivity contribution in [1.29, 1.82) is 0 Å². The average molecular weight is 342 g/mol. The zero-order valence-corrected chi connectivity index (χ0v) is 15.0. The molecule has 2 aromatic rings. The summed E-state index contributed by atoms with van der Waals surface area (Å²) in [7, 11) is 0. The van der Waals surface area contributed by atoms with Gasteiger partial charge in [-0.2, -0.15) is 0 Å². The van der Waals surface area contributed by atoms with Crippen LogP contribution < -0.4 is 5.32 Å². The van der Waals surface area contributed by atoms with Crippen molar-refractivity contribution in [2.75, 3.05) is 13.1 Å². The predicted octanol–water partition coefficient (Wildman–Crippen LogP) is 2.25. The zero-order chi connectivity index (χ0) is 17.4. The van der Waals surface area contributed by atoms with E-state index in [0.29, 0.717) is 5.92 Å². The van der Waals surface area contributed by atoms with E-state index in [1.807, 2.05) is 13.8 Å². The van der Waals surface area contributed by atoms with Crippen LogP contribution in [-0.4, -0.2) is 33.6 Å². The van der Waals surface area contributed by atoms with Gasteiger partial charge in [-0.1, -0.05) is 5.16 Å². The van der Waals surface area contributed by atoms with Crippen molar-refractivity contribution < 1.29 is 9.32 Å². The number of hydrogen-bond donors (Lipinski definition) is 1. The summed E-state index contributed by atoms with van der Waals surface area (Å²) in [6.45, 7) is 7.86. The van der Waals surface area contributed by atoms with Crippen LogP contribution in [0, 0.1) is 25.7 Å². The van der Waals surface area contributed by atoms with Crippen molar-refractivity contribution in [2.24, 2.45) is 11.8 Å². The van der Waals surface area contributed by atoms with E-state index in [2.05, 4.69) is 38.3 Å². The Balaban J connectivity index is 1.51. The molecule has 4 rings (SSSR count). The van der Waals surface area contributed by atoms with E-state index in [1.165, 1.54) is 18.5 Å². The van der Waals surface area contributed by atoms with Crippen molar-refractivity contribution in [2.45, 2.75) is 46.3 Å². The molecule has 1 amide bonds. The van der Waals surface area contributed by atoms with Crippen LogP contribution in [0.15, 0.2) is 22.9 Å². The molecule has 2 aliphatic rings. The van der Waals surface area contributed by atoms with Gasteiger partial charge in [0.2, 0.25) is 5.91 Å². The highest BCUT2D eigenvalue weighted by Gasteiger charge is 2.29. The fourth-order valence-electron chi connectivity index (χ4n) is 3.62. The standard InChI is InChI=1S/C19H26N4O2/c1-13-18(14(2)25-21-13)12-22-9-16(19(24)20-8-15-5-6-15)10-23-7-3-4-17(23)11-22/h3-4,7,15-16H,5-6,8-12H2,1-2H3,(H,20,24)/t16-/m0/s1. The molecule has 6 nitrogen and oxygen atoms in total. The van der Waals surface area contributed by atoms with Crippen LogP contribution in [0.4, 0.5) is 0 Å². The minimum absolute atomic E-state index is 0.0344. The molecule has 1 aliphatic heterocycles. The smallest absolute Gasteiger partial charge is 0.226 e. The molecule has 3 heterocycles. The highest BCUT2D eigenvalue weighted by molar-refractivity contribution is 5.78. The van der Waals surface area contributed by atoms with Crippen LogP contribution in [-0.2, 0) is 24.4 Å². The van der Waals surface area contributed by atoms with Crippen LogP contribution in [0.1, 0.15) is 35.6 Å². The van der Waals surface area contributed by atoms with Gasteiger partial charge in [-0.25, -0.2) is 0 Å². The van der Waals surface area contributed by atoms with Gasteiger partial charge in [0.05, 0.1) is 11.6 Å². The fraction of sp³-hybridized carbons (Fsp3) is 0.579. The monoisotopic (exact) mass is 342 g/mol. The molecular formula is C19H26N4O2. The number of nitrogens with one attached hydrogen (secondary N) is 1. The lowest BCUT2D eigenvalue weighted by atomic mass is 10.1. The van der Waals surface area contributed by atoms with E-state index in [1.54, 1.807) is 0 Å². The molecule has 2 aromatic heterocycles. The van der Waals surface area contributed by atoms with Gasteiger partial charge in [0.25, 0.3) is 0 Å². The third-order valence-electron chi connectivity index (χ3n) is 5.40. The van der Waals surface area contributed by atoms with Gasteiger partial charge in [0, 0.05) is 50.2 Å². The molecule has 0 radical (unpaired) electrons. The summed E-state index contributed by atoms with van der Waals surface area (Å²) >= 11 is 0. The molecule has 134 valence electrons. The molecule has 25 heavy (non-hydrogen) atoms. The average Bonchev–Trinajstić information content (AvgIpc) is 3.30. The lowest BCUT2D eigenvalue weighted by Gasteiger charge is -2.23. The maximum Gasteiger partial charge on any atom is 0.226 e. The number of carbonyl (C=O) groups is 1. The first-order chi connectivity index (χ1) is 12.1. The maximum atomic E-state index is 12.7. The molecule has 0 aromatic carbocycles. The summed E-state index contributed by atoms with van der Waals surface area (Å²) in [5.74, 6) is 1.72. The van der Waals surface area contributed by atoms with Crippen LogP contribution in [0.3, 0.4) is 0 Å². The zero-order valence-electron chi connectivity index (χ0n) is 15.0. The van der Waals surface area contributed by atoms with Gasteiger partial charge >= 0.3 is 0 Å².